The van der Waals surface area contributed by atoms with E-state index < -0.39 is 56.6 Å². The van der Waals surface area contributed by atoms with Crippen molar-refractivity contribution in [3.05, 3.63) is 82.4 Å². The Labute approximate surface area is 169 Å². The lowest BCUT2D eigenvalue weighted by molar-refractivity contribution is -0.137. The molecule has 2 aromatic carbocycles. The van der Waals surface area contributed by atoms with E-state index in [-0.39, 0.29) is 5.56 Å². The number of carbonyl (C=O) groups is 1. The van der Waals surface area contributed by atoms with Crippen molar-refractivity contribution in [1.29, 1.82) is 0 Å². The number of aryl methyl sites for hydroxylation is 1. The maximum Gasteiger partial charge on any atom is 0.416 e. The normalized spacial score (nSPS) is 21.9. The zero-order valence-corrected chi connectivity index (χ0v) is 15.6. The molecule has 29 heavy (non-hydrogen) atoms. The predicted molar refractivity (Wildman–Crippen MR) is 96.4 cm³/mol. The van der Waals surface area contributed by atoms with Crippen molar-refractivity contribution in [3.63, 3.8) is 0 Å². The summed E-state index contributed by atoms with van der Waals surface area (Å²) < 4.78 is 97.1. The molecular formula is C19H16F3NO5S. The Morgan fingerprint density at radius 1 is 1.17 bits per heavy atom. The van der Waals surface area contributed by atoms with Crippen LogP contribution in [0.5, 0.6) is 0 Å². The molecule has 0 saturated heterocycles. The summed E-state index contributed by atoms with van der Waals surface area (Å²) in [5.74, 6) is -3.24. The Hall–Kier alpha value is -3.01. The number of ketones is 1. The van der Waals surface area contributed by atoms with Crippen LogP contribution in [-0.4, -0.2) is 14.2 Å². The molecule has 3 rings (SSSR count). The van der Waals surface area contributed by atoms with E-state index in [4.69, 9.17) is 14.6 Å². The van der Waals surface area contributed by atoms with Gasteiger partial charge in [0.05, 0.1) is 9.68 Å². The van der Waals surface area contributed by atoms with E-state index in [0.717, 1.165) is 5.56 Å². The summed E-state index contributed by atoms with van der Waals surface area (Å²) in [6.45, 7) is 1.76. The van der Waals surface area contributed by atoms with E-state index in [1.165, 1.54) is 12.1 Å². The van der Waals surface area contributed by atoms with Gasteiger partial charge < -0.3 is 14.7 Å². The summed E-state index contributed by atoms with van der Waals surface area (Å²) in [4.78, 5) is 12.7. The third-order valence-corrected chi connectivity index (χ3v) is 4.68. The Kier molecular flexibility index (Phi) is 4.33. The maximum atomic E-state index is 12.7. The number of benzene rings is 2. The second-order valence-electron chi connectivity index (χ2n) is 6.03. The standard InChI is InChI=1S/C19H16F3NO5S/c1-11-2-6-13(7-3-11)16-15(24)17(18(23)27-16)28-29(25,26)10-12-4-8-14(9-5-12)19(20,21)22/h2-9,16H,10,23H2,1H3/i10D2,16D. The van der Waals surface area contributed by atoms with Gasteiger partial charge in [-0.15, -0.1) is 0 Å². The molecule has 154 valence electrons. The van der Waals surface area contributed by atoms with E-state index in [1.807, 2.05) is 0 Å². The molecule has 1 aliphatic rings. The predicted octanol–water partition coefficient (Wildman–Crippen LogP) is 3.33. The molecule has 0 bridgehead atoms. The van der Waals surface area contributed by atoms with Gasteiger partial charge in [-0.05, 0) is 24.6 Å². The number of ether oxygens (including phenoxy) is 1. The van der Waals surface area contributed by atoms with Gasteiger partial charge in [-0.2, -0.15) is 21.6 Å². The highest BCUT2D eigenvalue weighted by molar-refractivity contribution is 7.86. The average molecular weight is 430 g/mol. The highest BCUT2D eigenvalue weighted by Gasteiger charge is 2.39. The minimum absolute atomic E-state index is 0.0257. The molecule has 0 spiro atoms. The molecular weight excluding hydrogens is 411 g/mol. The van der Waals surface area contributed by atoms with Gasteiger partial charge in [0.15, 0.2) is 6.08 Å². The Morgan fingerprint density at radius 2 is 1.76 bits per heavy atom. The van der Waals surface area contributed by atoms with Crippen LogP contribution in [-0.2, 0) is 35.7 Å². The summed E-state index contributed by atoms with van der Waals surface area (Å²) >= 11 is 0. The quantitative estimate of drug-likeness (QED) is 0.731. The van der Waals surface area contributed by atoms with E-state index in [9.17, 15) is 26.4 Å². The van der Waals surface area contributed by atoms with Gasteiger partial charge in [0.25, 0.3) is 0 Å². The third kappa shape index (κ3) is 4.70. The molecule has 0 amide bonds. The van der Waals surface area contributed by atoms with Crippen molar-refractivity contribution in [2.45, 2.75) is 24.9 Å². The molecule has 2 N–H and O–H groups in total. The van der Waals surface area contributed by atoms with Crippen LogP contribution in [0, 0.1) is 6.92 Å². The van der Waals surface area contributed by atoms with E-state index in [2.05, 4.69) is 4.18 Å². The van der Waals surface area contributed by atoms with Gasteiger partial charge in [-0.3, -0.25) is 4.79 Å². The summed E-state index contributed by atoms with van der Waals surface area (Å²) in [5, 5.41) is 0. The van der Waals surface area contributed by atoms with E-state index >= 15 is 0 Å². The Bertz CT molecular complexity index is 1200. The minimum Gasteiger partial charge on any atom is -0.460 e. The van der Waals surface area contributed by atoms with Crippen LogP contribution < -0.4 is 5.73 Å². The topological polar surface area (TPSA) is 95.7 Å². The Balaban J connectivity index is 1.90. The molecule has 0 aromatic heterocycles. The molecule has 1 unspecified atom stereocenters. The molecule has 10 heteroatoms. The fourth-order valence-corrected chi connectivity index (χ4v) is 3.24. The molecule has 0 aliphatic carbocycles. The maximum absolute atomic E-state index is 12.7. The van der Waals surface area contributed by atoms with Gasteiger partial charge in [0, 0.05) is 5.56 Å². The highest BCUT2D eigenvalue weighted by Crippen LogP contribution is 2.33. The van der Waals surface area contributed by atoms with Gasteiger partial charge in [0.2, 0.25) is 17.4 Å². The second kappa shape index (κ2) is 7.43. The van der Waals surface area contributed by atoms with Crippen molar-refractivity contribution in [2.24, 2.45) is 5.73 Å². The van der Waals surface area contributed by atoms with Crippen molar-refractivity contribution < 1.29 is 39.4 Å². The van der Waals surface area contributed by atoms with Gasteiger partial charge in [0.1, 0.15) is 5.70 Å². The third-order valence-electron chi connectivity index (χ3n) is 3.81. The minimum atomic E-state index is -5.32. The van der Waals surface area contributed by atoms with Crippen molar-refractivity contribution >= 4 is 15.9 Å². The van der Waals surface area contributed by atoms with Gasteiger partial charge in [-0.1, -0.05) is 42.0 Å². The van der Waals surface area contributed by atoms with Crippen molar-refractivity contribution in [3.8, 4) is 0 Å². The number of carbonyl (C=O) groups excluding carboxylic acids is 1. The zero-order chi connectivity index (χ0) is 24.1. The van der Waals surface area contributed by atoms with Crippen LogP contribution in [0.4, 0.5) is 13.2 Å². The number of halogens is 3. The lowest BCUT2D eigenvalue weighted by Crippen LogP contribution is -2.16. The first-order chi connectivity index (χ1) is 14.6. The van der Waals surface area contributed by atoms with Crippen molar-refractivity contribution in [2.75, 3.05) is 0 Å². The first-order valence-electron chi connectivity index (χ1n) is 9.52. The molecule has 0 radical (unpaired) electrons. The van der Waals surface area contributed by atoms with Crippen molar-refractivity contribution in [1.82, 2.24) is 0 Å². The molecule has 0 fully saturated rings. The molecule has 2 aromatic rings. The largest absolute Gasteiger partial charge is 0.460 e. The number of hydrogen-bond donors (Lipinski definition) is 1. The number of rotatable bonds is 5. The smallest absolute Gasteiger partial charge is 0.416 e. The number of alkyl halides is 3. The summed E-state index contributed by atoms with van der Waals surface area (Å²) in [6.07, 6.45) is -7.16. The van der Waals surface area contributed by atoms with Crippen LogP contribution in [0.25, 0.3) is 0 Å². The summed E-state index contributed by atoms with van der Waals surface area (Å²) in [5.41, 5.74) is 1.24. The molecule has 1 atom stereocenters. The summed E-state index contributed by atoms with van der Waals surface area (Å²) in [7, 11) is -5.32. The lowest BCUT2D eigenvalue weighted by atomic mass is 10.0. The van der Waals surface area contributed by atoms with E-state index in [1.54, 1.807) is 19.1 Å². The van der Waals surface area contributed by atoms with Crippen LogP contribution >= 0.6 is 0 Å². The number of Topliss-reactive ketones (excluding diaryl/α,β-unsaturated/α-hetero) is 1. The van der Waals surface area contributed by atoms with E-state index in [0.29, 0.717) is 24.3 Å². The monoisotopic (exact) mass is 430 g/mol. The van der Waals surface area contributed by atoms with Crippen LogP contribution in [0.15, 0.2) is 60.2 Å². The number of nitrogens with two attached hydrogens (primary N) is 1. The van der Waals surface area contributed by atoms with Gasteiger partial charge in [-0.25, -0.2) is 0 Å². The molecule has 0 saturated carbocycles. The number of hydrogen-bond acceptors (Lipinski definition) is 6. The SMILES string of the molecule is [2H]C1(c2ccc(C)cc2)OC(N)=C(OS(=O)(=O)C([2H])([2H])c2ccc(C(F)(F)F)cc2)C1=O. The molecule has 6 nitrogen and oxygen atoms in total. The van der Waals surface area contributed by atoms with Crippen LogP contribution in [0.1, 0.15) is 32.4 Å². The fraction of sp³-hybridized carbons (Fsp3) is 0.211. The fourth-order valence-electron chi connectivity index (χ4n) is 2.39. The molecule has 1 aliphatic heterocycles. The van der Waals surface area contributed by atoms with Crippen LogP contribution in [0.2, 0.25) is 0 Å². The lowest BCUT2D eigenvalue weighted by Gasteiger charge is -2.10. The average Bonchev–Trinajstić information content (AvgIpc) is 2.91. The Morgan fingerprint density at radius 3 is 2.31 bits per heavy atom. The summed E-state index contributed by atoms with van der Waals surface area (Å²) in [6, 6.07) is 8.23. The first-order valence-corrected chi connectivity index (χ1v) is 9.43. The zero-order valence-electron chi connectivity index (χ0n) is 17.8. The first kappa shape index (κ1) is 16.9. The highest BCUT2D eigenvalue weighted by atomic mass is 32.2. The second-order valence-corrected chi connectivity index (χ2v) is 7.31. The van der Waals surface area contributed by atoms with Crippen LogP contribution in [0.3, 0.4) is 0 Å². The molecule has 1 heterocycles. The van der Waals surface area contributed by atoms with Gasteiger partial charge >= 0.3 is 16.3 Å².